The Morgan fingerprint density at radius 1 is 1.16 bits per heavy atom. The van der Waals surface area contributed by atoms with Crippen LogP contribution in [0.5, 0.6) is 11.5 Å². The Morgan fingerprint density at radius 3 is 2.68 bits per heavy atom. The predicted octanol–water partition coefficient (Wildman–Crippen LogP) is 3.55. The maximum atomic E-state index is 5.81. The molecule has 0 amide bonds. The first-order chi connectivity index (χ1) is 9.26. The molecule has 0 fully saturated rings. The van der Waals surface area contributed by atoms with E-state index in [9.17, 15) is 0 Å². The zero-order chi connectivity index (χ0) is 13.2. The van der Waals surface area contributed by atoms with Gasteiger partial charge in [0, 0.05) is 0 Å². The van der Waals surface area contributed by atoms with Gasteiger partial charge in [0.05, 0.1) is 18.8 Å². The summed E-state index contributed by atoms with van der Waals surface area (Å²) in [5.74, 6) is 1.80. The molecule has 3 rings (SSSR count). The van der Waals surface area contributed by atoms with Gasteiger partial charge in [-0.3, -0.25) is 0 Å². The number of methoxy groups -OCH3 is 1. The normalized spacial score (nSPS) is 17.1. The van der Waals surface area contributed by atoms with Crippen molar-refractivity contribution in [3.05, 3.63) is 53.6 Å². The van der Waals surface area contributed by atoms with Crippen molar-refractivity contribution in [1.82, 2.24) is 0 Å². The third-order valence-corrected chi connectivity index (χ3v) is 3.39. The summed E-state index contributed by atoms with van der Waals surface area (Å²) in [5, 5.41) is 3.53. The van der Waals surface area contributed by atoms with E-state index < -0.39 is 0 Å². The summed E-state index contributed by atoms with van der Waals surface area (Å²) in [6.45, 7) is 2.72. The summed E-state index contributed by atoms with van der Waals surface area (Å²) in [4.78, 5) is 0. The van der Waals surface area contributed by atoms with Gasteiger partial charge < -0.3 is 14.8 Å². The third kappa shape index (κ3) is 2.36. The molecule has 0 saturated carbocycles. The van der Waals surface area contributed by atoms with Crippen molar-refractivity contribution in [2.75, 3.05) is 19.0 Å². The quantitative estimate of drug-likeness (QED) is 0.890. The predicted molar refractivity (Wildman–Crippen MR) is 76.0 cm³/mol. The van der Waals surface area contributed by atoms with E-state index in [0.717, 1.165) is 17.2 Å². The molecule has 0 bridgehead atoms. The van der Waals surface area contributed by atoms with E-state index in [0.29, 0.717) is 6.61 Å². The summed E-state index contributed by atoms with van der Waals surface area (Å²) >= 11 is 0. The second kappa shape index (κ2) is 4.84. The van der Waals surface area contributed by atoms with Gasteiger partial charge in [0.2, 0.25) is 0 Å². The van der Waals surface area contributed by atoms with Gasteiger partial charge in [-0.2, -0.15) is 0 Å². The van der Waals surface area contributed by atoms with E-state index in [1.54, 1.807) is 7.11 Å². The number of ether oxygens (including phenoxy) is 2. The van der Waals surface area contributed by atoms with Crippen LogP contribution in [0.1, 0.15) is 17.2 Å². The number of nitrogens with one attached hydrogen (secondary N) is 1. The number of hydrogen-bond donors (Lipinski definition) is 1. The monoisotopic (exact) mass is 255 g/mol. The lowest BCUT2D eigenvalue weighted by atomic mass is 10.0. The average Bonchev–Trinajstić information content (AvgIpc) is 2.46. The van der Waals surface area contributed by atoms with Crippen LogP contribution in [0, 0.1) is 6.92 Å². The van der Waals surface area contributed by atoms with E-state index in [1.165, 1.54) is 11.1 Å². The van der Waals surface area contributed by atoms with Crippen LogP contribution in [-0.4, -0.2) is 13.7 Å². The minimum absolute atomic E-state index is 0.181. The molecule has 19 heavy (non-hydrogen) atoms. The molecule has 0 aromatic heterocycles. The van der Waals surface area contributed by atoms with Crippen LogP contribution in [0.15, 0.2) is 42.5 Å². The largest absolute Gasteiger partial charge is 0.497 e. The lowest BCUT2D eigenvalue weighted by Gasteiger charge is -2.28. The van der Waals surface area contributed by atoms with Crippen molar-refractivity contribution in [3.8, 4) is 11.5 Å². The first-order valence-corrected chi connectivity index (χ1v) is 6.40. The zero-order valence-corrected chi connectivity index (χ0v) is 11.1. The highest BCUT2D eigenvalue weighted by atomic mass is 16.5. The minimum Gasteiger partial charge on any atom is -0.497 e. The fraction of sp³-hybridized carbons (Fsp3) is 0.250. The first-order valence-electron chi connectivity index (χ1n) is 6.40. The molecule has 1 aliphatic rings. The molecule has 0 radical (unpaired) electrons. The molecule has 98 valence electrons. The van der Waals surface area contributed by atoms with Crippen LogP contribution >= 0.6 is 0 Å². The van der Waals surface area contributed by atoms with Crippen molar-refractivity contribution < 1.29 is 9.47 Å². The summed E-state index contributed by atoms with van der Waals surface area (Å²) < 4.78 is 11.0. The average molecular weight is 255 g/mol. The molecule has 0 aliphatic carbocycles. The summed E-state index contributed by atoms with van der Waals surface area (Å²) in [7, 11) is 1.68. The SMILES string of the molecule is COc1ccc([C@H]2COc3ccc(C)cc3N2)cc1. The van der Waals surface area contributed by atoms with Gasteiger partial charge in [-0.15, -0.1) is 0 Å². The second-order valence-corrected chi connectivity index (χ2v) is 4.78. The fourth-order valence-electron chi connectivity index (χ4n) is 2.30. The van der Waals surface area contributed by atoms with Crippen LogP contribution in [0.2, 0.25) is 0 Å². The van der Waals surface area contributed by atoms with Gasteiger partial charge in [0.1, 0.15) is 18.1 Å². The number of anilines is 1. The molecule has 0 spiro atoms. The Balaban J connectivity index is 1.84. The molecule has 1 atom stereocenters. The topological polar surface area (TPSA) is 30.5 Å². The minimum atomic E-state index is 0.181. The van der Waals surface area contributed by atoms with Gasteiger partial charge in [0.15, 0.2) is 0 Å². The molecule has 1 N–H and O–H groups in total. The van der Waals surface area contributed by atoms with E-state index >= 15 is 0 Å². The van der Waals surface area contributed by atoms with Gasteiger partial charge in [-0.25, -0.2) is 0 Å². The number of hydrogen-bond acceptors (Lipinski definition) is 3. The van der Waals surface area contributed by atoms with Gasteiger partial charge in [-0.05, 0) is 42.3 Å². The Bertz CT molecular complexity index is 578. The molecule has 3 heteroatoms. The van der Waals surface area contributed by atoms with Gasteiger partial charge in [0.25, 0.3) is 0 Å². The molecular formula is C16H17NO2. The Hall–Kier alpha value is -2.16. The number of aryl methyl sites for hydroxylation is 1. The molecule has 3 nitrogen and oxygen atoms in total. The van der Waals surface area contributed by atoms with Crippen LogP contribution in [0.25, 0.3) is 0 Å². The highest BCUT2D eigenvalue weighted by Gasteiger charge is 2.20. The summed E-state index contributed by atoms with van der Waals surface area (Å²) in [5.41, 5.74) is 3.49. The number of benzene rings is 2. The van der Waals surface area contributed by atoms with Gasteiger partial charge in [-0.1, -0.05) is 18.2 Å². The molecule has 2 aromatic rings. The molecular weight excluding hydrogens is 238 g/mol. The molecule has 1 aliphatic heterocycles. The smallest absolute Gasteiger partial charge is 0.142 e. The van der Waals surface area contributed by atoms with Gasteiger partial charge >= 0.3 is 0 Å². The fourth-order valence-corrected chi connectivity index (χ4v) is 2.30. The Labute approximate surface area is 113 Å². The van der Waals surface area contributed by atoms with Crippen LogP contribution in [0.3, 0.4) is 0 Å². The molecule has 0 saturated heterocycles. The second-order valence-electron chi connectivity index (χ2n) is 4.78. The van der Waals surface area contributed by atoms with Crippen LogP contribution < -0.4 is 14.8 Å². The Morgan fingerprint density at radius 2 is 1.95 bits per heavy atom. The number of fused-ring (bicyclic) bond motifs is 1. The maximum Gasteiger partial charge on any atom is 0.142 e. The standard InChI is InChI=1S/C16H17NO2/c1-11-3-8-16-14(9-11)17-15(10-19-16)12-4-6-13(18-2)7-5-12/h3-9,15,17H,10H2,1-2H3/t15-/m1/s1. The van der Waals surface area contributed by atoms with Crippen LogP contribution in [-0.2, 0) is 0 Å². The maximum absolute atomic E-state index is 5.81. The number of rotatable bonds is 2. The molecule has 1 heterocycles. The van der Waals surface area contributed by atoms with Crippen molar-refractivity contribution >= 4 is 5.69 Å². The van der Waals surface area contributed by atoms with Crippen molar-refractivity contribution in [3.63, 3.8) is 0 Å². The lowest BCUT2D eigenvalue weighted by molar-refractivity contribution is 0.286. The molecule has 2 aromatic carbocycles. The van der Waals surface area contributed by atoms with E-state index in [1.807, 2.05) is 18.2 Å². The summed E-state index contributed by atoms with van der Waals surface area (Å²) in [6, 6.07) is 14.5. The third-order valence-electron chi connectivity index (χ3n) is 3.39. The highest BCUT2D eigenvalue weighted by molar-refractivity contribution is 5.60. The van der Waals surface area contributed by atoms with Crippen LogP contribution in [0.4, 0.5) is 5.69 Å². The van der Waals surface area contributed by atoms with E-state index in [-0.39, 0.29) is 6.04 Å². The van der Waals surface area contributed by atoms with Crippen molar-refractivity contribution in [1.29, 1.82) is 0 Å². The van der Waals surface area contributed by atoms with E-state index in [2.05, 4.69) is 36.5 Å². The van der Waals surface area contributed by atoms with E-state index in [4.69, 9.17) is 9.47 Å². The first kappa shape index (κ1) is 11.9. The summed E-state index contributed by atoms with van der Waals surface area (Å²) in [6.07, 6.45) is 0. The zero-order valence-electron chi connectivity index (χ0n) is 11.1. The lowest BCUT2D eigenvalue weighted by Crippen LogP contribution is -2.23. The Kier molecular flexibility index (Phi) is 3.03. The highest BCUT2D eigenvalue weighted by Crippen LogP contribution is 2.34. The van der Waals surface area contributed by atoms with Crippen molar-refractivity contribution in [2.24, 2.45) is 0 Å². The molecule has 0 unspecified atom stereocenters. The van der Waals surface area contributed by atoms with Crippen molar-refractivity contribution in [2.45, 2.75) is 13.0 Å².